The summed E-state index contributed by atoms with van der Waals surface area (Å²) in [5.74, 6) is 0.245. The van der Waals surface area contributed by atoms with Crippen LogP contribution in [0.4, 0.5) is 10.7 Å². The molecule has 0 saturated carbocycles. The van der Waals surface area contributed by atoms with Gasteiger partial charge in [0.15, 0.2) is 5.78 Å². The Morgan fingerprint density at radius 2 is 1.55 bits per heavy atom. The van der Waals surface area contributed by atoms with Crippen molar-refractivity contribution in [3.63, 3.8) is 0 Å². The van der Waals surface area contributed by atoms with E-state index in [0.717, 1.165) is 18.3 Å². The van der Waals surface area contributed by atoms with Gasteiger partial charge in [0.05, 0.1) is 17.2 Å². The van der Waals surface area contributed by atoms with Crippen LogP contribution in [0.3, 0.4) is 0 Å². The van der Waals surface area contributed by atoms with Crippen molar-refractivity contribution >= 4 is 78.9 Å². The summed E-state index contributed by atoms with van der Waals surface area (Å²) in [4.78, 5) is 27.3. The van der Waals surface area contributed by atoms with Crippen LogP contribution >= 0.6 is 61.1 Å². The molecule has 3 rings (SSSR count). The van der Waals surface area contributed by atoms with Crippen molar-refractivity contribution in [2.75, 3.05) is 11.1 Å². The number of alkyl halides is 1. The molecule has 31 heavy (non-hydrogen) atoms. The number of nitrogens with two attached hydrogens (primary N) is 1. The van der Waals surface area contributed by atoms with E-state index in [4.69, 9.17) is 10.5 Å². The van der Waals surface area contributed by atoms with E-state index < -0.39 is 11.7 Å². The number of ether oxygens (including phenoxy) is 1. The van der Waals surface area contributed by atoms with Crippen molar-refractivity contribution in [2.24, 2.45) is 0 Å². The van der Waals surface area contributed by atoms with Crippen LogP contribution in [-0.4, -0.2) is 32.4 Å². The molecule has 0 bridgehead atoms. The van der Waals surface area contributed by atoms with Gasteiger partial charge in [0.2, 0.25) is 5.95 Å². The van der Waals surface area contributed by atoms with Gasteiger partial charge >= 0.3 is 6.09 Å². The maximum Gasteiger partial charge on any atom is 0.421 e. The van der Waals surface area contributed by atoms with Crippen LogP contribution in [0.1, 0.15) is 31.1 Å². The number of hydrogen-bond donors (Lipinski definition) is 1. The van der Waals surface area contributed by atoms with Gasteiger partial charge in [-0.2, -0.15) is 0 Å². The quantitative estimate of drug-likeness (QED) is 0.194. The van der Waals surface area contributed by atoms with Crippen LogP contribution < -0.4 is 5.73 Å². The maximum absolute atomic E-state index is 12.2. The van der Waals surface area contributed by atoms with Gasteiger partial charge < -0.3 is 10.5 Å². The first-order valence-corrected chi connectivity index (χ1v) is 12.5. The van der Waals surface area contributed by atoms with Crippen LogP contribution in [0, 0.1) is 7.14 Å². The second-order valence-electron chi connectivity index (χ2n) is 7.39. The van der Waals surface area contributed by atoms with E-state index in [-0.39, 0.29) is 11.7 Å². The average Bonchev–Trinajstić information content (AvgIpc) is 3.09. The van der Waals surface area contributed by atoms with E-state index >= 15 is 0 Å². The Kier molecular flexibility index (Phi) is 9.49. The summed E-state index contributed by atoms with van der Waals surface area (Å²) in [7, 11) is 0. The molecular weight excluding hydrogens is 688 g/mol. The molecule has 3 aromatic rings. The summed E-state index contributed by atoms with van der Waals surface area (Å²) in [6.07, 6.45) is 1.04. The monoisotopic (exact) mass is 709 g/mol. The van der Waals surface area contributed by atoms with Crippen molar-refractivity contribution in [3.8, 4) is 11.3 Å². The van der Waals surface area contributed by atoms with Gasteiger partial charge in [0.1, 0.15) is 5.60 Å². The first kappa shape index (κ1) is 25.8. The van der Waals surface area contributed by atoms with E-state index in [2.05, 4.69) is 66.1 Å². The normalized spacial score (nSPS) is 10.8. The zero-order valence-electron chi connectivity index (χ0n) is 17.2. The largest absolute Gasteiger partial charge is 0.443 e. The van der Waals surface area contributed by atoms with E-state index in [9.17, 15) is 9.59 Å². The van der Waals surface area contributed by atoms with Crippen LogP contribution in [0.2, 0.25) is 0 Å². The average molecular weight is 710 g/mol. The molecule has 0 aliphatic carbocycles. The zero-order valence-corrected chi connectivity index (χ0v) is 23.1. The number of halogens is 3. The molecule has 6 nitrogen and oxygen atoms in total. The zero-order chi connectivity index (χ0) is 23.2. The first-order valence-electron chi connectivity index (χ1n) is 9.19. The molecule has 9 heteroatoms. The predicted molar refractivity (Wildman–Crippen MR) is 144 cm³/mol. The van der Waals surface area contributed by atoms with E-state index in [1.165, 1.54) is 4.57 Å². The molecule has 0 aliphatic heterocycles. The van der Waals surface area contributed by atoms with Crippen molar-refractivity contribution in [1.82, 2.24) is 9.55 Å². The molecule has 0 atom stereocenters. The Morgan fingerprint density at radius 1 is 1.03 bits per heavy atom. The predicted octanol–water partition coefficient (Wildman–Crippen LogP) is 6.39. The summed E-state index contributed by atoms with van der Waals surface area (Å²) in [6.45, 7) is 5.42. The number of Topliss-reactive ketones (excluding diaryl/α,β-unsaturated/α-hetero) is 1. The summed E-state index contributed by atoms with van der Waals surface area (Å²) < 4.78 is 8.90. The lowest BCUT2D eigenvalue weighted by atomic mass is 10.2. The molecule has 0 radical (unpaired) electrons. The highest BCUT2D eigenvalue weighted by atomic mass is 127. The number of anilines is 1. The van der Waals surface area contributed by atoms with E-state index in [1.807, 2.05) is 69.3 Å². The van der Waals surface area contributed by atoms with Gasteiger partial charge in [0, 0.05) is 18.3 Å². The standard InChI is InChI=1S/C14H16IN3O2.C8H6BrIO/c1-14(2,3)20-13(19)18-11(8-17-12(18)16)9-4-6-10(15)7-5-9;9-5-8(11)6-1-3-7(10)4-2-6/h4-8H,1-3H3,(H2,16,17);1-4H,5H2. The molecular formula is C22H22BrI2N3O3. The fraction of sp³-hybridized carbons (Fsp3) is 0.227. The van der Waals surface area contributed by atoms with Gasteiger partial charge in [-0.3, -0.25) is 4.79 Å². The Balaban J connectivity index is 0.000000262. The lowest BCUT2D eigenvalue weighted by Crippen LogP contribution is -2.28. The molecule has 0 amide bonds. The second kappa shape index (κ2) is 11.4. The molecule has 1 heterocycles. The molecule has 0 saturated heterocycles. The minimum atomic E-state index is -0.586. The van der Waals surface area contributed by atoms with Crippen LogP contribution in [0.5, 0.6) is 0 Å². The molecule has 0 spiro atoms. The highest BCUT2D eigenvalue weighted by Crippen LogP contribution is 2.24. The van der Waals surface area contributed by atoms with Crippen molar-refractivity contribution in [2.45, 2.75) is 26.4 Å². The molecule has 0 aliphatic rings. The molecule has 164 valence electrons. The van der Waals surface area contributed by atoms with Gasteiger partial charge in [-0.05, 0) is 90.2 Å². The number of rotatable bonds is 3. The first-order chi connectivity index (χ1) is 14.5. The van der Waals surface area contributed by atoms with Gasteiger partial charge in [0.25, 0.3) is 0 Å². The molecule has 0 unspecified atom stereocenters. The Labute approximate surface area is 217 Å². The Bertz CT molecular complexity index is 1040. The van der Waals surface area contributed by atoms with Gasteiger partial charge in [-0.1, -0.05) is 40.2 Å². The third kappa shape index (κ3) is 7.86. The van der Waals surface area contributed by atoms with Gasteiger partial charge in [-0.15, -0.1) is 0 Å². The third-order valence-electron chi connectivity index (χ3n) is 3.79. The fourth-order valence-corrected chi connectivity index (χ4v) is 3.45. The van der Waals surface area contributed by atoms with Crippen LogP contribution in [0.15, 0.2) is 54.7 Å². The SMILES string of the molecule is CC(C)(C)OC(=O)n1c(-c2ccc(I)cc2)cnc1N.O=C(CBr)c1ccc(I)cc1. The minimum Gasteiger partial charge on any atom is -0.443 e. The number of imidazole rings is 1. The molecule has 2 N–H and O–H groups in total. The van der Waals surface area contributed by atoms with Gasteiger partial charge in [-0.25, -0.2) is 14.3 Å². The second-order valence-corrected chi connectivity index (χ2v) is 10.4. The van der Waals surface area contributed by atoms with Crippen LogP contribution in [0.25, 0.3) is 11.3 Å². The number of hydrogen-bond acceptors (Lipinski definition) is 5. The highest BCUT2D eigenvalue weighted by Gasteiger charge is 2.22. The van der Waals surface area contributed by atoms with Crippen molar-refractivity contribution < 1.29 is 14.3 Å². The summed E-state index contributed by atoms with van der Waals surface area (Å²) >= 11 is 7.55. The van der Waals surface area contributed by atoms with Crippen molar-refractivity contribution in [3.05, 3.63) is 67.4 Å². The third-order valence-corrected chi connectivity index (χ3v) is 5.74. The number of nitrogens with zero attached hydrogens (tertiary/aromatic N) is 2. The number of carbonyl (C=O) groups is 2. The Hall–Kier alpha value is -1.47. The maximum atomic E-state index is 12.2. The number of carbonyl (C=O) groups excluding carboxylic acids is 2. The fourth-order valence-electron chi connectivity index (χ4n) is 2.40. The number of benzene rings is 2. The minimum absolute atomic E-state index is 0.118. The van der Waals surface area contributed by atoms with Crippen LogP contribution in [-0.2, 0) is 4.74 Å². The molecule has 0 fully saturated rings. The van der Waals surface area contributed by atoms with Crippen molar-refractivity contribution in [1.29, 1.82) is 0 Å². The molecule has 2 aromatic carbocycles. The summed E-state index contributed by atoms with van der Waals surface area (Å²) in [5, 5.41) is 0.396. The lowest BCUT2D eigenvalue weighted by Gasteiger charge is -2.20. The molecule has 1 aromatic heterocycles. The summed E-state index contributed by atoms with van der Waals surface area (Å²) in [6, 6.07) is 15.3. The van der Waals surface area contributed by atoms with E-state index in [1.54, 1.807) is 6.20 Å². The number of nitrogen functional groups attached to an aromatic ring is 1. The topological polar surface area (TPSA) is 87.2 Å². The number of aromatic nitrogens is 2. The smallest absolute Gasteiger partial charge is 0.421 e. The lowest BCUT2D eigenvalue weighted by molar-refractivity contribution is 0.0543. The summed E-state index contributed by atoms with van der Waals surface area (Å²) in [5.41, 5.74) is 7.44. The van der Waals surface area contributed by atoms with E-state index in [0.29, 0.717) is 11.0 Å². The Morgan fingerprint density at radius 3 is 2.03 bits per heavy atom. The number of ketones is 1. The highest BCUT2D eigenvalue weighted by molar-refractivity contribution is 14.1.